The Morgan fingerprint density at radius 3 is 2.60 bits per heavy atom. The molecule has 0 atom stereocenters. The number of rotatable bonds is 2. The minimum atomic E-state index is -0.404. The molecule has 0 N–H and O–H groups in total. The van der Waals surface area contributed by atoms with Gasteiger partial charge in [0.15, 0.2) is 12.0 Å². The average Bonchev–Trinajstić information content (AvgIpc) is 2.30. The van der Waals surface area contributed by atoms with Gasteiger partial charge < -0.3 is 0 Å². The second kappa shape index (κ2) is 3.88. The van der Waals surface area contributed by atoms with Gasteiger partial charge in [-0.3, -0.25) is 14.2 Å². The Morgan fingerprint density at radius 1 is 1.20 bits per heavy atom. The standard InChI is InChI=1S/C11H8N2O2/c14-8-10-11(15)13(7-6-12-10)9-4-2-1-3-5-9/h1-8H. The Balaban J connectivity index is 2.65. The molecule has 0 bridgehead atoms. The first kappa shape index (κ1) is 9.33. The maximum Gasteiger partial charge on any atom is 0.284 e. The summed E-state index contributed by atoms with van der Waals surface area (Å²) >= 11 is 0. The molecular weight excluding hydrogens is 192 g/mol. The molecule has 0 spiro atoms. The van der Waals surface area contributed by atoms with Gasteiger partial charge in [-0.2, -0.15) is 0 Å². The van der Waals surface area contributed by atoms with Gasteiger partial charge in [0, 0.05) is 18.1 Å². The molecule has 1 heterocycles. The first-order chi connectivity index (χ1) is 7.33. The molecule has 0 unspecified atom stereocenters. The smallest absolute Gasteiger partial charge is 0.284 e. The zero-order chi connectivity index (χ0) is 10.7. The van der Waals surface area contributed by atoms with E-state index in [0.29, 0.717) is 12.0 Å². The minimum absolute atomic E-state index is 0.0821. The van der Waals surface area contributed by atoms with Crippen LogP contribution in [-0.4, -0.2) is 15.8 Å². The maximum absolute atomic E-state index is 11.7. The Bertz CT molecular complexity index is 532. The third-order valence-electron chi connectivity index (χ3n) is 2.01. The summed E-state index contributed by atoms with van der Waals surface area (Å²) in [7, 11) is 0. The minimum Gasteiger partial charge on any atom is -0.296 e. The second-order valence-corrected chi connectivity index (χ2v) is 2.94. The Labute approximate surface area is 85.8 Å². The highest BCUT2D eigenvalue weighted by molar-refractivity contribution is 5.70. The fraction of sp³-hybridized carbons (Fsp3) is 0. The lowest BCUT2D eigenvalue weighted by Crippen LogP contribution is -2.22. The van der Waals surface area contributed by atoms with Crippen LogP contribution in [0.1, 0.15) is 10.5 Å². The van der Waals surface area contributed by atoms with Gasteiger partial charge in [-0.1, -0.05) is 18.2 Å². The van der Waals surface area contributed by atoms with Gasteiger partial charge in [0.05, 0.1) is 0 Å². The summed E-state index contributed by atoms with van der Waals surface area (Å²) < 4.78 is 1.39. The maximum atomic E-state index is 11.7. The topological polar surface area (TPSA) is 52.0 Å². The lowest BCUT2D eigenvalue weighted by molar-refractivity contribution is 0.111. The average molecular weight is 200 g/mol. The van der Waals surface area contributed by atoms with Crippen molar-refractivity contribution in [3.8, 4) is 5.69 Å². The van der Waals surface area contributed by atoms with E-state index in [1.54, 1.807) is 12.1 Å². The molecule has 0 radical (unpaired) electrons. The van der Waals surface area contributed by atoms with Crippen molar-refractivity contribution in [2.45, 2.75) is 0 Å². The van der Waals surface area contributed by atoms with Crippen LogP contribution in [0, 0.1) is 0 Å². The molecule has 1 aromatic heterocycles. The number of aldehydes is 1. The molecule has 0 saturated heterocycles. The van der Waals surface area contributed by atoms with E-state index in [1.807, 2.05) is 18.2 Å². The van der Waals surface area contributed by atoms with E-state index in [2.05, 4.69) is 4.98 Å². The van der Waals surface area contributed by atoms with Crippen molar-refractivity contribution < 1.29 is 4.79 Å². The van der Waals surface area contributed by atoms with E-state index in [0.717, 1.165) is 0 Å². The SMILES string of the molecule is O=Cc1nccn(-c2ccccc2)c1=O. The summed E-state index contributed by atoms with van der Waals surface area (Å²) in [5.41, 5.74) is 0.230. The predicted molar refractivity (Wildman–Crippen MR) is 55.2 cm³/mol. The van der Waals surface area contributed by atoms with Gasteiger partial charge >= 0.3 is 0 Å². The number of carbonyl (C=O) groups excluding carboxylic acids is 1. The highest BCUT2D eigenvalue weighted by Gasteiger charge is 2.03. The van der Waals surface area contributed by atoms with E-state index in [1.165, 1.54) is 17.0 Å². The van der Waals surface area contributed by atoms with E-state index in [4.69, 9.17) is 0 Å². The summed E-state index contributed by atoms with van der Waals surface area (Å²) in [5, 5.41) is 0. The number of carbonyl (C=O) groups is 1. The van der Waals surface area contributed by atoms with Crippen LogP contribution < -0.4 is 5.56 Å². The van der Waals surface area contributed by atoms with Gasteiger partial charge in [-0.05, 0) is 12.1 Å². The van der Waals surface area contributed by atoms with Crippen molar-refractivity contribution in [1.82, 2.24) is 9.55 Å². The highest BCUT2D eigenvalue weighted by Crippen LogP contribution is 2.02. The van der Waals surface area contributed by atoms with Gasteiger partial charge in [0.1, 0.15) is 0 Å². The Morgan fingerprint density at radius 2 is 1.93 bits per heavy atom. The Kier molecular flexibility index (Phi) is 2.41. The van der Waals surface area contributed by atoms with Crippen LogP contribution >= 0.6 is 0 Å². The molecule has 0 fully saturated rings. The molecule has 74 valence electrons. The van der Waals surface area contributed by atoms with Crippen molar-refractivity contribution in [2.24, 2.45) is 0 Å². The summed E-state index contributed by atoms with van der Waals surface area (Å²) in [5.74, 6) is 0. The lowest BCUT2D eigenvalue weighted by Gasteiger charge is -2.04. The second-order valence-electron chi connectivity index (χ2n) is 2.94. The molecule has 0 aliphatic carbocycles. The van der Waals surface area contributed by atoms with Gasteiger partial charge in [0.25, 0.3) is 5.56 Å². The van der Waals surface area contributed by atoms with Crippen molar-refractivity contribution >= 4 is 6.29 Å². The summed E-state index contributed by atoms with van der Waals surface area (Å²) in [6.45, 7) is 0. The molecule has 4 heteroatoms. The zero-order valence-corrected chi connectivity index (χ0v) is 7.83. The van der Waals surface area contributed by atoms with Crippen LogP contribution in [0.2, 0.25) is 0 Å². The van der Waals surface area contributed by atoms with Crippen LogP contribution in [-0.2, 0) is 0 Å². The normalized spacial score (nSPS) is 9.87. The third kappa shape index (κ3) is 1.69. The summed E-state index contributed by atoms with van der Waals surface area (Å²) in [6, 6.07) is 9.08. The number of nitrogens with zero attached hydrogens (tertiary/aromatic N) is 2. The lowest BCUT2D eigenvalue weighted by atomic mass is 10.3. The van der Waals surface area contributed by atoms with Gasteiger partial charge in [-0.25, -0.2) is 4.98 Å². The number of para-hydroxylation sites is 1. The fourth-order valence-electron chi connectivity index (χ4n) is 1.30. The molecule has 0 aliphatic rings. The predicted octanol–water partition coefficient (Wildman–Crippen LogP) is 1.04. The monoisotopic (exact) mass is 200 g/mol. The number of benzene rings is 1. The van der Waals surface area contributed by atoms with Crippen molar-refractivity contribution in [2.75, 3.05) is 0 Å². The summed E-state index contributed by atoms with van der Waals surface area (Å²) in [6.07, 6.45) is 3.42. The highest BCUT2D eigenvalue weighted by atomic mass is 16.1. The number of hydrogen-bond acceptors (Lipinski definition) is 3. The van der Waals surface area contributed by atoms with E-state index >= 15 is 0 Å². The quantitative estimate of drug-likeness (QED) is 0.681. The van der Waals surface area contributed by atoms with Gasteiger partial charge in [-0.15, -0.1) is 0 Å². The van der Waals surface area contributed by atoms with Crippen molar-refractivity contribution in [1.29, 1.82) is 0 Å². The van der Waals surface area contributed by atoms with Crippen molar-refractivity contribution in [3.63, 3.8) is 0 Å². The largest absolute Gasteiger partial charge is 0.296 e. The van der Waals surface area contributed by atoms with Gasteiger partial charge in [0.2, 0.25) is 0 Å². The number of hydrogen-bond donors (Lipinski definition) is 0. The van der Waals surface area contributed by atoms with Crippen LogP contribution in [0.4, 0.5) is 0 Å². The van der Waals surface area contributed by atoms with Crippen LogP contribution in [0.15, 0.2) is 47.5 Å². The Hall–Kier alpha value is -2.23. The fourth-order valence-corrected chi connectivity index (χ4v) is 1.30. The van der Waals surface area contributed by atoms with Crippen LogP contribution in [0.5, 0.6) is 0 Å². The molecule has 4 nitrogen and oxygen atoms in total. The molecule has 0 saturated carbocycles. The molecule has 2 rings (SSSR count). The van der Waals surface area contributed by atoms with E-state index in [-0.39, 0.29) is 5.69 Å². The molecule has 0 aliphatic heterocycles. The van der Waals surface area contributed by atoms with E-state index in [9.17, 15) is 9.59 Å². The third-order valence-corrected chi connectivity index (χ3v) is 2.01. The molecule has 2 aromatic rings. The summed E-state index contributed by atoms with van der Waals surface area (Å²) in [4.78, 5) is 25.9. The molecule has 0 amide bonds. The molecule has 1 aromatic carbocycles. The number of aromatic nitrogens is 2. The molecular formula is C11H8N2O2. The first-order valence-corrected chi connectivity index (χ1v) is 4.41. The van der Waals surface area contributed by atoms with Crippen LogP contribution in [0.3, 0.4) is 0 Å². The van der Waals surface area contributed by atoms with Crippen molar-refractivity contribution in [3.05, 3.63) is 58.8 Å². The molecule has 15 heavy (non-hydrogen) atoms. The zero-order valence-electron chi connectivity index (χ0n) is 7.83. The van der Waals surface area contributed by atoms with Crippen LogP contribution in [0.25, 0.3) is 5.69 Å². The van der Waals surface area contributed by atoms with E-state index < -0.39 is 5.56 Å². The first-order valence-electron chi connectivity index (χ1n) is 4.41.